The molecule has 0 aliphatic carbocycles. The predicted molar refractivity (Wildman–Crippen MR) is 58.8 cm³/mol. The lowest BCUT2D eigenvalue weighted by molar-refractivity contribution is 0.580. The van der Waals surface area contributed by atoms with E-state index >= 15 is 0 Å². The van der Waals surface area contributed by atoms with Crippen LogP contribution in [0.1, 0.15) is 17.4 Å². The fraction of sp³-hybridized carbons (Fsp3) is 0.182. The molecule has 4 nitrogen and oxygen atoms in total. The molecular weight excluding hydrogens is 188 g/mol. The smallest absolute Gasteiger partial charge is 0.131 e. The predicted octanol–water partition coefficient (Wildman–Crippen LogP) is 0.973. The van der Waals surface area contributed by atoms with Crippen molar-refractivity contribution >= 4 is 0 Å². The lowest BCUT2D eigenvalue weighted by Gasteiger charge is -2.15. The lowest BCUT2D eigenvalue weighted by atomic mass is 10.1. The van der Waals surface area contributed by atoms with Crippen molar-refractivity contribution in [3.63, 3.8) is 0 Å². The third-order valence-electron chi connectivity index (χ3n) is 2.42. The van der Waals surface area contributed by atoms with Gasteiger partial charge in [-0.25, -0.2) is 10.4 Å². The minimum Gasteiger partial charge on any atom is -0.336 e. The van der Waals surface area contributed by atoms with E-state index in [0.29, 0.717) is 0 Å². The van der Waals surface area contributed by atoms with Crippen molar-refractivity contribution < 1.29 is 0 Å². The van der Waals surface area contributed by atoms with E-state index in [1.54, 1.807) is 6.20 Å². The third kappa shape index (κ3) is 1.91. The number of nitrogens with zero attached hydrogens (tertiary/aromatic N) is 2. The van der Waals surface area contributed by atoms with Crippen LogP contribution in [0.3, 0.4) is 0 Å². The quantitative estimate of drug-likeness (QED) is 0.576. The lowest BCUT2D eigenvalue weighted by Crippen LogP contribution is -2.30. The fourth-order valence-corrected chi connectivity index (χ4v) is 1.62. The molecule has 2 rings (SSSR count). The highest BCUT2D eigenvalue weighted by Gasteiger charge is 2.15. The standard InChI is InChI=1S/C11H14N4/c1-15-8-7-13-11(15)10(14-12)9-5-3-2-4-6-9/h2-8,10,14H,12H2,1H3. The van der Waals surface area contributed by atoms with Crippen molar-refractivity contribution in [1.82, 2.24) is 15.0 Å². The van der Waals surface area contributed by atoms with E-state index in [4.69, 9.17) is 5.84 Å². The third-order valence-corrected chi connectivity index (χ3v) is 2.42. The molecule has 0 radical (unpaired) electrons. The van der Waals surface area contributed by atoms with Crippen LogP contribution >= 0.6 is 0 Å². The van der Waals surface area contributed by atoms with Gasteiger partial charge in [0.05, 0.1) is 0 Å². The molecule has 0 aliphatic heterocycles. The highest BCUT2D eigenvalue weighted by atomic mass is 15.3. The summed E-state index contributed by atoms with van der Waals surface area (Å²) in [5.74, 6) is 6.47. The Kier molecular flexibility index (Phi) is 2.80. The van der Waals surface area contributed by atoms with Crippen LogP contribution in [0.4, 0.5) is 0 Å². The number of nitrogens with one attached hydrogen (secondary N) is 1. The molecule has 0 aliphatic rings. The van der Waals surface area contributed by atoms with Gasteiger partial charge in [-0.05, 0) is 5.56 Å². The van der Waals surface area contributed by atoms with Crippen LogP contribution in [0.2, 0.25) is 0 Å². The first-order valence-corrected chi connectivity index (χ1v) is 4.81. The summed E-state index contributed by atoms with van der Waals surface area (Å²) in [5, 5.41) is 0. The van der Waals surface area contributed by atoms with Crippen molar-refractivity contribution in [2.24, 2.45) is 12.9 Å². The van der Waals surface area contributed by atoms with Gasteiger partial charge < -0.3 is 4.57 Å². The molecule has 1 unspecified atom stereocenters. The zero-order valence-electron chi connectivity index (χ0n) is 8.59. The minimum absolute atomic E-state index is 0.0637. The first-order chi connectivity index (χ1) is 7.33. The zero-order chi connectivity index (χ0) is 10.7. The van der Waals surface area contributed by atoms with E-state index < -0.39 is 0 Å². The number of aryl methyl sites for hydroxylation is 1. The maximum atomic E-state index is 5.56. The Morgan fingerprint density at radius 3 is 2.60 bits per heavy atom. The number of hydrogen-bond donors (Lipinski definition) is 2. The summed E-state index contributed by atoms with van der Waals surface area (Å²) in [7, 11) is 1.95. The Bertz CT molecular complexity index is 421. The molecule has 0 spiro atoms. The molecule has 1 heterocycles. The molecule has 0 saturated carbocycles. The van der Waals surface area contributed by atoms with Gasteiger partial charge in [0.25, 0.3) is 0 Å². The van der Waals surface area contributed by atoms with E-state index in [1.165, 1.54) is 0 Å². The second-order valence-corrected chi connectivity index (χ2v) is 3.41. The summed E-state index contributed by atoms with van der Waals surface area (Å²) >= 11 is 0. The van der Waals surface area contributed by atoms with Gasteiger partial charge >= 0.3 is 0 Å². The number of imidazole rings is 1. The van der Waals surface area contributed by atoms with Crippen LogP contribution < -0.4 is 11.3 Å². The summed E-state index contributed by atoms with van der Waals surface area (Å²) in [5.41, 5.74) is 3.88. The number of rotatable bonds is 3. The SMILES string of the molecule is Cn1ccnc1C(NN)c1ccccc1. The number of aromatic nitrogens is 2. The molecule has 0 fully saturated rings. The molecular formula is C11H14N4. The Labute approximate surface area is 88.7 Å². The Morgan fingerprint density at radius 2 is 2.07 bits per heavy atom. The van der Waals surface area contributed by atoms with Gasteiger partial charge in [-0.2, -0.15) is 0 Å². The van der Waals surface area contributed by atoms with Crippen molar-refractivity contribution in [3.8, 4) is 0 Å². The summed E-state index contributed by atoms with van der Waals surface area (Å²) in [6, 6.07) is 9.95. The van der Waals surface area contributed by atoms with Crippen LogP contribution in [-0.4, -0.2) is 9.55 Å². The van der Waals surface area contributed by atoms with Gasteiger partial charge in [-0.3, -0.25) is 5.84 Å². The maximum Gasteiger partial charge on any atom is 0.131 e. The van der Waals surface area contributed by atoms with E-state index in [1.807, 2.05) is 48.1 Å². The largest absolute Gasteiger partial charge is 0.336 e. The van der Waals surface area contributed by atoms with E-state index in [-0.39, 0.29) is 6.04 Å². The molecule has 2 aromatic rings. The Morgan fingerprint density at radius 1 is 1.33 bits per heavy atom. The zero-order valence-corrected chi connectivity index (χ0v) is 8.59. The molecule has 0 saturated heterocycles. The van der Waals surface area contributed by atoms with Gasteiger partial charge in [0.1, 0.15) is 11.9 Å². The summed E-state index contributed by atoms with van der Waals surface area (Å²) in [6.45, 7) is 0. The summed E-state index contributed by atoms with van der Waals surface area (Å²) < 4.78 is 1.96. The molecule has 0 bridgehead atoms. The second-order valence-electron chi connectivity index (χ2n) is 3.41. The van der Waals surface area contributed by atoms with Crippen molar-refractivity contribution in [3.05, 3.63) is 54.1 Å². The van der Waals surface area contributed by atoms with Crippen LogP contribution in [0.25, 0.3) is 0 Å². The van der Waals surface area contributed by atoms with E-state index in [0.717, 1.165) is 11.4 Å². The first kappa shape index (κ1) is 9.89. The molecule has 15 heavy (non-hydrogen) atoms. The summed E-state index contributed by atoms with van der Waals surface area (Å²) in [4.78, 5) is 4.28. The number of hydrogen-bond acceptors (Lipinski definition) is 3. The Hall–Kier alpha value is -1.65. The molecule has 3 N–H and O–H groups in total. The Balaban J connectivity index is 2.37. The number of nitrogens with two attached hydrogens (primary N) is 1. The van der Waals surface area contributed by atoms with Crippen molar-refractivity contribution in [1.29, 1.82) is 0 Å². The molecule has 78 valence electrons. The van der Waals surface area contributed by atoms with E-state index in [2.05, 4.69) is 10.4 Å². The van der Waals surface area contributed by atoms with Gasteiger partial charge in [0, 0.05) is 19.4 Å². The molecule has 0 amide bonds. The van der Waals surface area contributed by atoms with Gasteiger partial charge in [-0.15, -0.1) is 0 Å². The number of hydrazine groups is 1. The topological polar surface area (TPSA) is 55.9 Å². The monoisotopic (exact) mass is 202 g/mol. The van der Waals surface area contributed by atoms with Gasteiger partial charge in [-0.1, -0.05) is 30.3 Å². The highest BCUT2D eigenvalue weighted by molar-refractivity contribution is 5.24. The van der Waals surface area contributed by atoms with E-state index in [9.17, 15) is 0 Å². The van der Waals surface area contributed by atoms with Gasteiger partial charge in [0.2, 0.25) is 0 Å². The van der Waals surface area contributed by atoms with Crippen LogP contribution in [0, 0.1) is 0 Å². The van der Waals surface area contributed by atoms with Crippen molar-refractivity contribution in [2.75, 3.05) is 0 Å². The number of benzene rings is 1. The van der Waals surface area contributed by atoms with Gasteiger partial charge in [0.15, 0.2) is 0 Å². The van der Waals surface area contributed by atoms with Crippen LogP contribution in [-0.2, 0) is 7.05 Å². The molecule has 1 aromatic carbocycles. The van der Waals surface area contributed by atoms with Crippen molar-refractivity contribution in [2.45, 2.75) is 6.04 Å². The molecule has 4 heteroatoms. The van der Waals surface area contributed by atoms with Crippen LogP contribution in [0.5, 0.6) is 0 Å². The minimum atomic E-state index is -0.0637. The molecule has 1 atom stereocenters. The normalized spacial score (nSPS) is 12.7. The highest BCUT2D eigenvalue weighted by Crippen LogP contribution is 2.18. The fourth-order valence-electron chi connectivity index (χ4n) is 1.62. The first-order valence-electron chi connectivity index (χ1n) is 4.81. The summed E-state index contributed by atoms with van der Waals surface area (Å²) in [6.07, 6.45) is 3.67. The second kappa shape index (κ2) is 4.25. The maximum absolute atomic E-state index is 5.56. The average molecular weight is 202 g/mol. The molecule has 1 aromatic heterocycles. The average Bonchev–Trinajstić information content (AvgIpc) is 2.68. The van der Waals surface area contributed by atoms with Crippen LogP contribution in [0.15, 0.2) is 42.7 Å².